The van der Waals surface area contributed by atoms with E-state index in [9.17, 15) is 14.9 Å². The number of nitrogens with zero attached hydrogens (tertiary/aromatic N) is 2. The lowest BCUT2D eigenvalue weighted by Crippen LogP contribution is -2.36. The molecule has 0 aliphatic rings. The number of hydrogen-bond donors (Lipinski definition) is 0. The average Bonchev–Trinajstić information content (AvgIpc) is 2.63. The highest BCUT2D eigenvalue weighted by atomic mass is 16.6. The maximum Gasteiger partial charge on any atom is 0.310 e. The Morgan fingerprint density at radius 3 is 2.58 bits per heavy atom. The fraction of sp³-hybridized carbons (Fsp3) is 0.316. The molecule has 0 saturated heterocycles. The Balaban J connectivity index is 2.07. The average molecular weight is 358 g/mol. The number of ether oxygens (including phenoxy) is 2. The van der Waals surface area contributed by atoms with Gasteiger partial charge in [0.15, 0.2) is 12.4 Å². The Hall–Kier alpha value is -2.93. The van der Waals surface area contributed by atoms with Crippen molar-refractivity contribution in [3.8, 4) is 5.75 Å². The molecule has 138 valence electrons. The molecular formula is C19H22N2O5. The normalized spacial score (nSPS) is 10.4. The van der Waals surface area contributed by atoms with Crippen molar-refractivity contribution in [3.63, 3.8) is 0 Å². The molecule has 2 rings (SSSR count). The number of aryl methyl sites for hydroxylation is 1. The van der Waals surface area contributed by atoms with Crippen molar-refractivity contribution in [2.24, 2.45) is 0 Å². The van der Waals surface area contributed by atoms with Gasteiger partial charge in [-0.25, -0.2) is 0 Å². The maximum absolute atomic E-state index is 12.6. The summed E-state index contributed by atoms with van der Waals surface area (Å²) in [5.74, 6) is -0.170. The summed E-state index contributed by atoms with van der Waals surface area (Å²) < 4.78 is 10.5. The van der Waals surface area contributed by atoms with Gasteiger partial charge in [-0.05, 0) is 24.1 Å². The van der Waals surface area contributed by atoms with E-state index >= 15 is 0 Å². The fourth-order valence-electron chi connectivity index (χ4n) is 2.42. The summed E-state index contributed by atoms with van der Waals surface area (Å²) >= 11 is 0. The van der Waals surface area contributed by atoms with Crippen LogP contribution in [0.2, 0.25) is 0 Å². The van der Waals surface area contributed by atoms with Gasteiger partial charge in [0.05, 0.1) is 11.5 Å². The molecule has 0 bridgehead atoms. The predicted octanol–water partition coefficient (Wildman–Crippen LogP) is 2.96. The zero-order valence-corrected chi connectivity index (χ0v) is 14.9. The van der Waals surface area contributed by atoms with Crippen molar-refractivity contribution in [2.75, 3.05) is 26.9 Å². The minimum Gasteiger partial charge on any atom is -0.477 e. The van der Waals surface area contributed by atoms with E-state index in [4.69, 9.17) is 9.47 Å². The first-order valence-electron chi connectivity index (χ1n) is 8.19. The van der Waals surface area contributed by atoms with Crippen molar-refractivity contribution in [2.45, 2.75) is 13.5 Å². The van der Waals surface area contributed by atoms with Gasteiger partial charge in [0.1, 0.15) is 0 Å². The summed E-state index contributed by atoms with van der Waals surface area (Å²) in [6.45, 7) is 2.74. The molecule has 2 aromatic rings. The molecule has 0 unspecified atom stereocenters. The summed E-state index contributed by atoms with van der Waals surface area (Å²) in [6, 6.07) is 14.1. The highest BCUT2D eigenvalue weighted by Crippen LogP contribution is 2.27. The topological polar surface area (TPSA) is 81.9 Å². The predicted molar refractivity (Wildman–Crippen MR) is 97.1 cm³/mol. The van der Waals surface area contributed by atoms with E-state index in [2.05, 4.69) is 0 Å². The van der Waals surface area contributed by atoms with Gasteiger partial charge in [-0.2, -0.15) is 0 Å². The van der Waals surface area contributed by atoms with Crippen LogP contribution in [0, 0.1) is 17.0 Å². The van der Waals surface area contributed by atoms with Gasteiger partial charge >= 0.3 is 5.69 Å². The molecule has 0 atom stereocenters. The lowest BCUT2D eigenvalue weighted by molar-refractivity contribution is -0.385. The van der Waals surface area contributed by atoms with Crippen LogP contribution in [0.25, 0.3) is 0 Å². The van der Waals surface area contributed by atoms with E-state index in [1.54, 1.807) is 31.1 Å². The number of nitro benzene ring substituents is 1. The summed E-state index contributed by atoms with van der Waals surface area (Å²) in [4.78, 5) is 24.8. The van der Waals surface area contributed by atoms with Gasteiger partial charge in [-0.1, -0.05) is 36.4 Å². The van der Waals surface area contributed by atoms with E-state index in [1.165, 1.54) is 6.07 Å². The summed E-state index contributed by atoms with van der Waals surface area (Å²) in [5.41, 5.74) is 1.65. The third-order valence-electron chi connectivity index (χ3n) is 3.80. The van der Waals surface area contributed by atoms with Crippen LogP contribution in [0.4, 0.5) is 5.69 Å². The van der Waals surface area contributed by atoms with Gasteiger partial charge in [0.25, 0.3) is 5.91 Å². The minimum atomic E-state index is -0.522. The van der Waals surface area contributed by atoms with Crippen LogP contribution in [0.1, 0.15) is 11.1 Å². The number of nitro groups is 1. The highest BCUT2D eigenvalue weighted by molar-refractivity contribution is 5.78. The molecule has 26 heavy (non-hydrogen) atoms. The standard InChI is InChI=1S/C19H22N2O5/c1-15-8-9-17(21(23)24)18(12-15)26-14-19(22)20(10-11-25-2)13-16-6-4-3-5-7-16/h3-9,12H,10-11,13-14H2,1-2H3. The lowest BCUT2D eigenvalue weighted by Gasteiger charge is -2.22. The molecule has 0 radical (unpaired) electrons. The van der Waals surface area contributed by atoms with Gasteiger partial charge in [-0.15, -0.1) is 0 Å². The molecule has 0 aromatic heterocycles. The molecule has 0 fully saturated rings. The number of carbonyl (C=O) groups excluding carboxylic acids is 1. The molecule has 0 aliphatic carbocycles. The van der Waals surface area contributed by atoms with Crippen molar-refractivity contribution < 1.29 is 19.2 Å². The van der Waals surface area contributed by atoms with E-state index in [1.807, 2.05) is 30.3 Å². The fourth-order valence-corrected chi connectivity index (χ4v) is 2.42. The number of methoxy groups -OCH3 is 1. The highest BCUT2D eigenvalue weighted by Gasteiger charge is 2.19. The number of rotatable bonds is 9. The Kier molecular flexibility index (Phi) is 7.11. The Labute approximate surface area is 152 Å². The first-order valence-corrected chi connectivity index (χ1v) is 8.19. The van der Waals surface area contributed by atoms with Crippen LogP contribution in [0.3, 0.4) is 0 Å². The van der Waals surface area contributed by atoms with Gasteiger partial charge in [0, 0.05) is 26.3 Å². The second-order valence-corrected chi connectivity index (χ2v) is 5.81. The van der Waals surface area contributed by atoms with Crippen LogP contribution < -0.4 is 4.74 Å². The zero-order valence-electron chi connectivity index (χ0n) is 14.9. The molecule has 0 aliphatic heterocycles. The smallest absolute Gasteiger partial charge is 0.310 e. The van der Waals surface area contributed by atoms with Gasteiger partial charge < -0.3 is 14.4 Å². The molecule has 0 heterocycles. The number of hydrogen-bond acceptors (Lipinski definition) is 5. The molecule has 2 aromatic carbocycles. The molecule has 1 amide bonds. The second-order valence-electron chi connectivity index (χ2n) is 5.81. The molecule has 0 saturated carbocycles. The molecule has 7 nitrogen and oxygen atoms in total. The number of carbonyl (C=O) groups is 1. The summed E-state index contributed by atoms with van der Waals surface area (Å²) in [7, 11) is 1.57. The van der Waals surface area contributed by atoms with E-state index in [0.29, 0.717) is 19.7 Å². The molecule has 0 spiro atoms. The third-order valence-corrected chi connectivity index (χ3v) is 3.80. The quantitative estimate of drug-likeness (QED) is 0.508. The summed E-state index contributed by atoms with van der Waals surface area (Å²) in [5, 5.41) is 11.1. The Bertz CT molecular complexity index is 749. The third kappa shape index (κ3) is 5.56. The lowest BCUT2D eigenvalue weighted by atomic mass is 10.2. The Morgan fingerprint density at radius 2 is 1.92 bits per heavy atom. The minimum absolute atomic E-state index is 0.0924. The van der Waals surface area contributed by atoms with Crippen LogP contribution in [-0.4, -0.2) is 42.6 Å². The first-order chi connectivity index (χ1) is 12.5. The maximum atomic E-state index is 12.6. The van der Waals surface area contributed by atoms with Crippen molar-refractivity contribution >= 4 is 11.6 Å². The van der Waals surface area contributed by atoms with E-state index in [0.717, 1.165) is 11.1 Å². The number of benzene rings is 2. The molecule has 0 N–H and O–H groups in total. The van der Waals surface area contributed by atoms with Crippen molar-refractivity contribution in [1.82, 2.24) is 4.90 Å². The van der Waals surface area contributed by atoms with Crippen LogP contribution in [0.5, 0.6) is 5.75 Å². The van der Waals surface area contributed by atoms with Crippen molar-refractivity contribution in [1.29, 1.82) is 0 Å². The Morgan fingerprint density at radius 1 is 1.19 bits per heavy atom. The largest absolute Gasteiger partial charge is 0.477 e. The van der Waals surface area contributed by atoms with Crippen LogP contribution in [0.15, 0.2) is 48.5 Å². The molecule has 7 heteroatoms. The molecular weight excluding hydrogens is 336 g/mol. The zero-order chi connectivity index (χ0) is 18.9. The second kappa shape index (κ2) is 9.53. The van der Waals surface area contributed by atoms with Crippen LogP contribution in [-0.2, 0) is 16.1 Å². The van der Waals surface area contributed by atoms with Gasteiger partial charge in [0.2, 0.25) is 0 Å². The van der Waals surface area contributed by atoms with E-state index in [-0.39, 0.29) is 24.0 Å². The van der Waals surface area contributed by atoms with Crippen LogP contribution >= 0.6 is 0 Å². The SMILES string of the molecule is COCCN(Cc1ccccc1)C(=O)COc1cc(C)ccc1[N+](=O)[O-]. The summed E-state index contributed by atoms with van der Waals surface area (Å²) in [6.07, 6.45) is 0. The monoisotopic (exact) mass is 358 g/mol. The number of amides is 1. The first kappa shape index (κ1) is 19.4. The van der Waals surface area contributed by atoms with Crippen molar-refractivity contribution in [3.05, 3.63) is 69.8 Å². The van der Waals surface area contributed by atoms with Gasteiger partial charge in [-0.3, -0.25) is 14.9 Å². The van der Waals surface area contributed by atoms with E-state index < -0.39 is 4.92 Å².